The largest absolute Gasteiger partial charge is 0.464 e. The molecule has 0 aromatic rings. The molecule has 0 bridgehead atoms. The average Bonchev–Trinajstić information content (AvgIpc) is 2.00. The third kappa shape index (κ3) is 4.34. The van der Waals surface area contributed by atoms with Crippen LogP contribution in [0.4, 0.5) is 0 Å². The standard InChI is InChI=1S/C7H11NO3/c1-2-11-7(10)6(9)4-3-5-8/h6,9H,2-4H2,1H3/t6-/m1/s1. The van der Waals surface area contributed by atoms with E-state index >= 15 is 0 Å². The van der Waals surface area contributed by atoms with Gasteiger partial charge in [-0.25, -0.2) is 4.79 Å². The zero-order chi connectivity index (χ0) is 8.69. The first-order valence-corrected chi connectivity index (χ1v) is 3.44. The predicted molar refractivity (Wildman–Crippen MR) is 37.5 cm³/mol. The van der Waals surface area contributed by atoms with Crippen LogP contribution in [0.25, 0.3) is 0 Å². The number of ether oxygens (including phenoxy) is 1. The molecule has 4 nitrogen and oxygen atoms in total. The lowest BCUT2D eigenvalue weighted by molar-refractivity contribution is -0.153. The van der Waals surface area contributed by atoms with E-state index in [1.807, 2.05) is 6.07 Å². The maximum absolute atomic E-state index is 10.7. The number of carbonyl (C=O) groups excluding carboxylic acids is 1. The topological polar surface area (TPSA) is 70.3 Å². The Morgan fingerprint density at radius 1 is 1.82 bits per heavy atom. The minimum Gasteiger partial charge on any atom is -0.464 e. The van der Waals surface area contributed by atoms with Gasteiger partial charge in [-0.3, -0.25) is 0 Å². The molecule has 0 fully saturated rings. The Labute approximate surface area is 65.4 Å². The maximum atomic E-state index is 10.7. The van der Waals surface area contributed by atoms with Crippen LogP contribution in [0.15, 0.2) is 0 Å². The van der Waals surface area contributed by atoms with Crippen LogP contribution in [0.5, 0.6) is 0 Å². The van der Waals surface area contributed by atoms with E-state index in [4.69, 9.17) is 10.4 Å². The molecule has 1 N–H and O–H groups in total. The van der Waals surface area contributed by atoms with Crippen molar-refractivity contribution in [2.45, 2.75) is 25.9 Å². The molecule has 0 heterocycles. The Morgan fingerprint density at radius 3 is 2.91 bits per heavy atom. The summed E-state index contributed by atoms with van der Waals surface area (Å²) < 4.78 is 4.50. The summed E-state index contributed by atoms with van der Waals surface area (Å²) in [5.74, 6) is -0.650. The van der Waals surface area contributed by atoms with E-state index in [9.17, 15) is 4.79 Å². The first-order chi connectivity index (χ1) is 5.22. The van der Waals surface area contributed by atoms with E-state index in [0.717, 1.165) is 0 Å². The summed E-state index contributed by atoms with van der Waals surface area (Å²) in [6.45, 7) is 1.91. The van der Waals surface area contributed by atoms with E-state index in [2.05, 4.69) is 4.74 Å². The lowest BCUT2D eigenvalue weighted by Gasteiger charge is -2.06. The summed E-state index contributed by atoms with van der Waals surface area (Å²) in [6, 6.07) is 1.83. The van der Waals surface area contributed by atoms with Gasteiger partial charge in [0.05, 0.1) is 12.7 Å². The van der Waals surface area contributed by atoms with Crippen LogP contribution in [0.3, 0.4) is 0 Å². The fourth-order valence-electron chi connectivity index (χ4n) is 0.558. The minimum atomic E-state index is -1.14. The highest BCUT2D eigenvalue weighted by Gasteiger charge is 2.14. The molecule has 0 saturated heterocycles. The lowest BCUT2D eigenvalue weighted by atomic mass is 10.2. The van der Waals surface area contributed by atoms with Crippen molar-refractivity contribution in [3.63, 3.8) is 0 Å². The van der Waals surface area contributed by atoms with E-state index in [0.29, 0.717) is 0 Å². The number of carbonyl (C=O) groups is 1. The zero-order valence-corrected chi connectivity index (χ0v) is 6.41. The molecule has 0 saturated carbocycles. The molecule has 4 heteroatoms. The van der Waals surface area contributed by atoms with Gasteiger partial charge in [-0.05, 0) is 13.3 Å². The number of aliphatic hydroxyl groups excluding tert-OH is 1. The third-order valence-electron chi connectivity index (χ3n) is 1.09. The molecule has 0 amide bonds. The normalized spacial score (nSPS) is 11.7. The zero-order valence-electron chi connectivity index (χ0n) is 6.41. The fraction of sp³-hybridized carbons (Fsp3) is 0.714. The molecular formula is C7H11NO3. The van der Waals surface area contributed by atoms with Gasteiger partial charge in [0.15, 0.2) is 6.10 Å². The first-order valence-electron chi connectivity index (χ1n) is 3.44. The van der Waals surface area contributed by atoms with Gasteiger partial charge < -0.3 is 9.84 Å². The number of nitrogens with zero attached hydrogens (tertiary/aromatic N) is 1. The van der Waals surface area contributed by atoms with E-state index in [-0.39, 0.29) is 19.4 Å². The van der Waals surface area contributed by atoms with Crippen molar-refractivity contribution in [1.29, 1.82) is 5.26 Å². The van der Waals surface area contributed by atoms with Gasteiger partial charge in [0, 0.05) is 6.42 Å². The van der Waals surface area contributed by atoms with Crippen molar-refractivity contribution in [2.24, 2.45) is 0 Å². The molecule has 0 aliphatic heterocycles. The van der Waals surface area contributed by atoms with Crippen LogP contribution in [-0.2, 0) is 9.53 Å². The SMILES string of the molecule is CCOC(=O)[C@H](O)CCC#N. The molecule has 0 aliphatic rings. The molecule has 0 unspecified atom stereocenters. The number of nitriles is 1. The van der Waals surface area contributed by atoms with Gasteiger partial charge in [-0.15, -0.1) is 0 Å². The Morgan fingerprint density at radius 2 is 2.45 bits per heavy atom. The van der Waals surface area contributed by atoms with Crippen molar-refractivity contribution in [2.75, 3.05) is 6.61 Å². The molecule has 1 atom stereocenters. The minimum absolute atomic E-state index is 0.148. The van der Waals surface area contributed by atoms with Crippen molar-refractivity contribution in [1.82, 2.24) is 0 Å². The number of hydrogen-bond acceptors (Lipinski definition) is 4. The number of rotatable bonds is 4. The van der Waals surface area contributed by atoms with Crippen LogP contribution < -0.4 is 0 Å². The van der Waals surface area contributed by atoms with Gasteiger partial charge in [-0.1, -0.05) is 0 Å². The number of hydrogen-bond donors (Lipinski definition) is 1. The van der Waals surface area contributed by atoms with Crippen molar-refractivity contribution < 1.29 is 14.6 Å². The van der Waals surface area contributed by atoms with Gasteiger partial charge >= 0.3 is 5.97 Å². The lowest BCUT2D eigenvalue weighted by Crippen LogP contribution is -2.22. The van der Waals surface area contributed by atoms with E-state index in [1.165, 1.54) is 0 Å². The second-order valence-electron chi connectivity index (χ2n) is 1.96. The summed E-state index contributed by atoms with van der Waals surface area (Å²) in [6.07, 6.45) is -0.829. The van der Waals surface area contributed by atoms with Crippen LogP contribution in [0.1, 0.15) is 19.8 Å². The molecular weight excluding hydrogens is 146 g/mol. The Balaban J connectivity index is 3.57. The maximum Gasteiger partial charge on any atom is 0.334 e. The summed E-state index contributed by atoms with van der Waals surface area (Å²) >= 11 is 0. The highest BCUT2D eigenvalue weighted by Crippen LogP contribution is 1.97. The summed E-state index contributed by atoms with van der Waals surface area (Å²) in [5, 5.41) is 17.1. The highest BCUT2D eigenvalue weighted by molar-refractivity contribution is 5.74. The molecule has 0 rings (SSSR count). The molecule has 0 aliphatic carbocycles. The van der Waals surface area contributed by atoms with Crippen LogP contribution in [-0.4, -0.2) is 23.8 Å². The second kappa shape index (κ2) is 5.69. The van der Waals surface area contributed by atoms with Crippen LogP contribution >= 0.6 is 0 Å². The second-order valence-corrected chi connectivity index (χ2v) is 1.96. The smallest absolute Gasteiger partial charge is 0.334 e. The monoisotopic (exact) mass is 157 g/mol. The quantitative estimate of drug-likeness (QED) is 0.592. The number of esters is 1. The fourth-order valence-corrected chi connectivity index (χ4v) is 0.558. The van der Waals surface area contributed by atoms with E-state index in [1.54, 1.807) is 6.92 Å². The van der Waals surface area contributed by atoms with Gasteiger partial charge in [0.2, 0.25) is 0 Å². The molecule has 62 valence electrons. The molecule has 0 radical (unpaired) electrons. The van der Waals surface area contributed by atoms with E-state index < -0.39 is 12.1 Å². The molecule has 11 heavy (non-hydrogen) atoms. The summed E-state index contributed by atoms with van der Waals surface area (Å²) in [5.41, 5.74) is 0. The summed E-state index contributed by atoms with van der Waals surface area (Å²) in [7, 11) is 0. The van der Waals surface area contributed by atoms with Gasteiger partial charge in [0.25, 0.3) is 0 Å². The van der Waals surface area contributed by atoms with Crippen molar-refractivity contribution in [3.05, 3.63) is 0 Å². The van der Waals surface area contributed by atoms with Crippen molar-refractivity contribution in [3.8, 4) is 6.07 Å². The molecule has 0 aromatic carbocycles. The predicted octanol–water partition coefficient (Wildman–Crippen LogP) is 0.214. The van der Waals surface area contributed by atoms with Gasteiger partial charge in [0.1, 0.15) is 0 Å². The Hall–Kier alpha value is -1.08. The Kier molecular flexibility index (Phi) is 5.13. The van der Waals surface area contributed by atoms with Crippen LogP contribution in [0, 0.1) is 11.3 Å². The Bertz CT molecular complexity index is 162. The third-order valence-corrected chi connectivity index (χ3v) is 1.09. The van der Waals surface area contributed by atoms with Crippen LogP contribution in [0.2, 0.25) is 0 Å². The van der Waals surface area contributed by atoms with Crippen molar-refractivity contribution >= 4 is 5.97 Å². The first kappa shape index (κ1) is 9.92. The average molecular weight is 157 g/mol. The summed E-state index contributed by atoms with van der Waals surface area (Å²) in [4.78, 5) is 10.7. The highest BCUT2D eigenvalue weighted by atomic mass is 16.5. The molecule has 0 spiro atoms. The molecule has 0 aromatic heterocycles. The number of aliphatic hydroxyl groups is 1. The van der Waals surface area contributed by atoms with Gasteiger partial charge in [-0.2, -0.15) is 5.26 Å².